The molecule has 2 aromatic rings. The molecule has 0 spiro atoms. The van der Waals surface area contributed by atoms with Crippen molar-refractivity contribution in [3.05, 3.63) is 18.0 Å². The molecule has 2 aromatic heterocycles. The van der Waals surface area contributed by atoms with Crippen LogP contribution in [0.25, 0.3) is 11.0 Å². The second-order valence-corrected chi connectivity index (χ2v) is 4.94. The van der Waals surface area contributed by atoms with Crippen LogP contribution in [0.3, 0.4) is 0 Å². The minimum absolute atomic E-state index is 0.583. The number of pyridine rings is 1. The van der Waals surface area contributed by atoms with Gasteiger partial charge in [0.25, 0.3) is 0 Å². The minimum atomic E-state index is -0.829. The molecular formula is C14H20N4O2. The molecular weight excluding hydrogens is 256 g/mol. The summed E-state index contributed by atoms with van der Waals surface area (Å²) >= 11 is 0. The Hall–Kier alpha value is -2.11. The number of carbonyl (C=O) groups is 1. The van der Waals surface area contributed by atoms with Crippen molar-refractivity contribution < 1.29 is 9.90 Å². The zero-order valence-corrected chi connectivity index (χ0v) is 12.1. The minimum Gasteiger partial charge on any atom is -0.480 e. The maximum Gasteiger partial charge on any atom is 0.326 e. The monoisotopic (exact) mass is 276 g/mol. The van der Waals surface area contributed by atoms with Gasteiger partial charge in [0.1, 0.15) is 6.04 Å². The van der Waals surface area contributed by atoms with Crippen LogP contribution in [-0.4, -0.2) is 31.9 Å². The summed E-state index contributed by atoms with van der Waals surface area (Å²) in [6.07, 6.45) is 4.13. The highest BCUT2D eigenvalue weighted by atomic mass is 16.4. The number of hydrogen-bond acceptors (Lipinski definition) is 4. The first-order valence-electron chi connectivity index (χ1n) is 6.82. The number of nitrogens with one attached hydrogen (secondary N) is 1. The summed E-state index contributed by atoms with van der Waals surface area (Å²) in [5, 5.41) is 17.6. The second kappa shape index (κ2) is 5.90. The maximum absolute atomic E-state index is 11.3. The highest BCUT2D eigenvalue weighted by molar-refractivity contribution is 5.93. The molecule has 0 aromatic carbocycles. The van der Waals surface area contributed by atoms with E-state index in [4.69, 9.17) is 0 Å². The number of aliphatic carboxylic acids is 1. The van der Waals surface area contributed by atoms with Crippen molar-refractivity contribution in [2.24, 2.45) is 7.05 Å². The van der Waals surface area contributed by atoms with Crippen molar-refractivity contribution >= 4 is 22.7 Å². The molecule has 0 fully saturated rings. The van der Waals surface area contributed by atoms with E-state index in [1.165, 1.54) is 0 Å². The molecule has 0 aliphatic heterocycles. The summed E-state index contributed by atoms with van der Waals surface area (Å²) < 4.78 is 1.71. The molecule has 0 aliphatic carbocycles. The molecule has 2 heterocycles. The summed E-state index contributed by atoms with van der Waals surface area (Å²) in [7, 11) is 1.83. The highest BCUT2D eigenvalue weighted by Crippen LogP contribution is 2.25. The molecule has 1 unspecified atom stereocenters. The van der Waals surface area contributed by atoms with Crippen LogP contribution in [0.1, 0.15) is 31.9 Å². The smallest absolute Gasteiger partial charge is 0.326 e. The Kier molecular flexibility index (Phi) is 4.22. The lowest BCUT2D eigenvalue weighted by Crippen LogP contribution is -2.29. The molecule has 6 nitrogen and oxygen atoms in total. The number of hydrogen-bond donors (Lipinski definition) is 2. The average Bonchev–Trinajstić information content (AvgIpc) is 2.70. The Morgan fingerprint density at radius 1 is 1.55 bits per heavy atom. The Bertz CT molecular complexity index is 621. The zero-order chi connectivity index (χ0) is 14.7. The zero-order valence-electron chi connectivity index (χ0n) is 12.1. The van der Waals surface area contributed by atoms with Crippen molar-refractivity contribution in [3.8, 4) is 0 Å². The molecule has 0 amide bonds. The molecule has 0 radical (unpaired) electrons. The number of carboxylic acids is 1. The molecule has 0 bridgehead atoms. The van der Waals surface area contributed by atoms with Gasteiger partial charge in [-0.05, 0) is 19.4 Å². The summed E-state index contributed by atoms with van der Waals surface area (Å²) in [6, 6.07) is 1.22. The van der Waals surface area contributed by atoms with Crippen molar-refractivity contribution in [3.63, 3.8) is 0 Å². The van der Waals surface area contributed by atoms with Gasteiger partial charge in [0.2, 0.25) is 0 Å². The van der Waals surface area contributed by atoms with E-state index in [1.54, 1.807) is 16.9 Å². The number of rotatable bonds is 6. The van der Waals surface area contributed by atoms with E-state index in [9.17, 15) is 9.90 Å². The van der Waals surface area contributed by atoms with E-state index in [2.05, 4.69) is 22.3 Å². The summed E-state index contributed by atoms with van der Waals surface area (Å²) in [5.74, 6) is -0.829. The first-order chi connectivity index (χ1) is 9.54. The summed E-state index contributed by atoms with van der Waals surface area (Å²) in [5.41, 5.74) is 2.38. The van der Waals surface area contributed by atoms with E-state index in [1.807, 2.05) is 14.0 Å². The van der Waals surface area contributed by atoms with Gasteiger partial charge in [-0.1, -0.05) is 19.8 Å². The predicted octanol–water partition coefficient (Wildman–Crippen LogP) is 2.33. The lowest BCUT2D eigenvalue weighted by Gasteiger charge is -2.16. The number of aromatic nitrogens is 3. The van der Waals surface area contributed by atoms with Crippen LogP contribution in [0.5, 0.6) is 0 Å². The number of carboxylic acid groups (broad SMARTS) is 1. The number of aryl methyl sites for hydroxylation is 2. The van der Waals surface area contributed by atoms with Crippen molar-refractivity contribution in [2.45, 2.75) is 39.2 Å². The highest BCUT2D eigenvalue weighted by Gasteiger charge is 2.19. The topological polar surface area (TPSA) is 80.0 Å². The van der Waals surface area contributed by atoms with Crippen LogP contribution >= 0.6 is 0 Å². The lowest BCUT2D eigenvalue weighted by molar-refractivity contribution is -0.138. The summed E-state index contributed by atoms with van der Waals surface area (Å²) in [4.78, 5) is 15.6. The number of unbranched alkanes of at least 4 members (excludes halogenated alkanes) is 1. The van der Waals surface area contributed by atoms with E-state index in [0.717, 1.165) is 35.3 Å². The van der Waals surface area contributed by atoms with Gasteiger partial charge >= 0.3 is 5.97 Å². The Labute approximate surface area is 117 Å². The third-order valence-electron chi connectivity index (χ3n) is 3.37. The van der Waals surface area contributed by atoms with Crippen LogP contribution in [0, 0.1) is 6.92 Å². The van der Waals surface area contributed by atoms with Crippen LogP contribution < -0.4 is 5.32 Å². The number of nitrogens with zero attached hydrogens (tertiary/aromatic N) is 3. The molecule has 0 aliphatic rings. The van der Waals surface area contributed by atoms with Gasteiger partial charge in [-0.15, -0.1) is 0 Å². The molecule has 108 valence electrons. The fourth-order valence-corrected chi connectivity index (χ4v) is 2.35. The Morgan fingerprint density at radius 2 is 2.30 bits per heavy atom. The van der Waals surface area contributed by atoms with E-state index in [-0.39, 0.29) is 0 Å². The van der Waals surface area contributed by atoms with Crippen molar-refractivity contribution in [1.29, 1.82) is 0 Å². The van der Waals surface area contributed by atoms with Gasteiger partial charge in [0.15, 0.2) is 5.65 Å². The first-order valence-corrected chi connectivity index (χ1v) is 6.82. The number of fused-ring (bicyclic) bond motifs is 1. The molecule has 20 heavy (non-hydrogen) atoms. The SMILES string of the molecule is CCCCC(Nc1ccnc2c1c(C)nn2C)C(=O)O. The van der Waals surface area contributed by atoms with Gasteiger partial charge in [-0.25, -0.2) is 9.78 Å². The Morgan fingerprint density at radius 3 is 2.95 bits per heavy atom. The van der Waals surface area contributed by atoms with E-state index >= 15 is 0 Å². The first kappa shape index (κ1) is 14.3. The third kappa shape index (κ3) is 2.74. The van der Waals surface area contributed by atoms with E-state index < -0.39 is 12.0 Å². The number of anilines is 1. The standard InChI is InChI=1S/C14H20N4O2/c1-4-5-6-11(14(19)20)16-10-7-8-15-13-12(10)9(2)17-18(13)3/h7-8,11H,4-6H2,1-3H3,(H,15,16)(H,19,20). The largest absolute Gasteiger partial charge is 0.480 e. The van der Waals surface area contributed by atoms with Gasteiger partial charge in [-0.2, -0.15) is 5.10 Å². The molecule has 1 atom stereocenters. The molecule has 0 saturated heterocycles. The van der Waals surface area contributed by atoms with Gasteiger partial charge in [0.05, 0.1) is 11.1 Å². The molecule has 6 heteroatoms. The van der Waals surface area contributed by atoms with Crippen LogP contribution in [0.4, 0.5) is 5.69 Å². The van der Waals surface area contributed by atoms with Crippen molar-refractivity contribution in [1.82, 2.24) is 14.8 Å². The predicted molar refractivity (Wildman–Crippen MR) is 77.8 cm³/mol. The fraction of sp³-hybridized carbons (Fsp3) is 0.500. The van der Waals surface area contributed by atoms with E-state index in [0.29, 0.717) is 6.42 Å². The fourth-order valence-electron chi connectivity index (χ4n) is 2.35. The summed E-state index contributed by atoms with van der Waals surface area (Å²) in [6.45, 7) is 3.95. The van der Waals surface area contributed by atoms with Gasteiger partial charge < -0.3 is 10.4 Å². The molecule has 2 rings (SSSR count). The maximum atomic E-state index is 11.3. The van der Waals surface area contributed by atoms with Gasteiger partial charge in [0, 0.05) is 18.9 Å². The third-order valence-corrected chi connectivity index (χ3v) is 3.37. The lowest BCUT2D eigenvalue weighted by atomic mass is 10.1. The quantitative estimate of drug-likeness (QED) is 0.846. The molecule has 2 N–H and O–H groups in total. The molecule has 0 saturated carbocycles. The normalized spacial score (nSPS) is 12.6. The second-order valence-electron chi connectivity index (χ2n) is 4.94. The van der Waals surface area contributed by atoms with Crippen LogP contribution in [0.15, 0.2) is 12.3 Å². The van der Waals surface area contributed by atoms with Crippen LogP contribution in [-0.2, 0) is 11.8 Å². The van der Waals surface area contributed by atoms with Crippen LogP contribution in [0.2, 0.25) is 0 Å². The average molecular weight is 276 g/mol. The van der Waals surface area contributed by atoms with Crippen molar-refractivity contribution in [2.75, 3.05) is 5.32 Å². The Balaban J connectivity index is 2.34. The van der Waals surface area contributed by atoms with Gasteiger partial charge in [-0.3, -0.25) is 4.68 Å².